The zero-order valence-corrected chi connectivity index (χ0v) is 14.7. The minimum absolute atomic E-state index is 0.272. The van der Waals surface area contributed by atoms with E-state index in [0.29, 0.717) is 12.5 Å². The average Bonchev–Trinajstić information content (AvgIpc) is 2.58. The number of benzene rings is 2. The fourth-order valence-electron chi connectivity index (χ4n) is 2.43. The molecule has 2 aromatic carbocycles. The van der Waals surface area contributed by atoms with E-state index < -0.39 is 0 Å². The van der Waals surface area contributed by atoms with E-state index in [4.69, 9.17) is 0 Å². The van der Waals surface area contributed by atoms with E-state index in [1.54, 1.807) is 12.1 Å². The molecular weight excluding hydrogens is 298 g/mol. The third-order valence-electron chi connectivity index (χ3n) is 3.90. The van der Waals surface area contributed by atoms with Crippen LogP contribution < -0.4 is 10.6 Å². The number of rotatable bonds is 6. The Morgan fingerprint density at radius 1 is 1.12 bits per heavy atom. The lowest BCUT2D eigenvalue weighted by Crippen LogP contribution is -2.39. The van der Waals surface area contributed by atoms with E-state index in [-0.39, 0.29) is 5.75 Å². The predicted molar refractivity (Wildman–Crippen MR) is 101 cm³/mol. The van der Waals surface area contributed by atoms with Crippen LogP contribution in [0.1, 0.15) is 36.5 Å². The lowest BCUT2D eigenvalue weighted by molar-refractivity contribution is 0.474. The van der Waals surface area contributed by atoms with Gasteiger partial charge in [-0.3, -0.25) is 0 Å². The quantitative estimate of drug-likeness (QED) is 0.562. The van der Waals surface area contributed by atoms with Gasteiger partial charge in [0, 0.05) is 13.1 Å². The molecule has 1 unspecified atom stereocenters. The molecule has 0 aliphatic carbocycles. The molecule has 0 radical (unpaired) electrons. The van der Waals surface area contributed by atoms with Crippen LogP contribution in [0, 0.1) is 6.92 Å². The van der Waals surface area contributed by atoms with E-state index in [9.17, 15) is 5.11 Å². The maximum absolute atomic E-state index is 9.52. The summed E-state index contributed by atoms with van der Waals surface area (Å²) in [5, 5.41) is 16.2. The maximum atomic E-state index is 9.52. The maximum Gasteiger partial charge on any atom is 0.191 e. The summed E-state index contributed by atoms with van der Waals surface area (Å²) >= 11 is 0. The van der Waals surface area contributed by atoms with Gasteiger partial charge in [0.15, 0.2) is 5.96 Å². The first-order valence-corrected chi connectivity index (χ1v) is 8.45. The van der Waals surface area contributed by atoms with Gasteiger partial charge >= 0.3 is 0 Å². The van der Waals surface area contributed by atoms with Crippen LogP contribution in [0.4, 0.5) is 0 Å². The molecule has 0 aliphatic heterocycles. The van der Waals surface area contributed by atoms with Crippen molar-refractivity contribution in [1.82, 2.24) is 10.6 Å². The van der Waals surface area contributed by atoms with Gasteiger partial charge in [-0.25, -0.2) is 4.99 Å². The Morgan fingerprint density at radius 3 is 2.54 bits per heavy atom. The van der Waals surface area contributed by atoms with Crippen LogP contribution in [0.15, 0.2) is 53.5 Å². The molecule has 2 aromatic rings. The standard InChI is InChI=1S/C20H27N3O/c1-4-21-20(23-14-17-6-5-7-19(24)12-17)22-13-16(3)18-10-8-15(2)9-11-18/h5-12,16,24H,4,13-14H2,1-3H3,(H2,21,22,23). The van der Waals surface area contributed by atoms with Crippen LogP contribution >= 0.6 is 0 Å². The highest BCUT2D eigenvalue weighted by Crippen LogP contribution is 2.15. The van der Waals surface area contributed by atoms with E-state index >= 15 is 0 Å². The molecular formula is C20H27N3O. The minimum Gasteiger partial charge on any atom is -0.508 e. The second-order valence-electron chi connectivity index (χ2n) is 6.06. The number of nitrogens with one attached hydrogen (secondary N) is 2. The first-order chi connectivity index (χ1) is 11.6. The highest BCUT2D eigenvalue weighted by molar-refractivity contribution is 5.79. The molecule has 0 amide bonds. The largest absolute Gasteiger partial charge is 0.508 e. The smallest absolute Gasteiger partial charge is 0.191 e. The van der Waals surface area contributed by atoms with Crippen LogP contribution in [0.3, 0.4) is 0 Å². The van der Waals surface area contributed by atoms with Crippen molar-refractivity contribution in [3.63, 3.8) is 0 Å². The minimum atomic E-state index is 0.272. The van der Waals surface area contributed by atoms with Gasteiger partial charge in [0.25, 0.3) is 0 Å². The van der Waals surface area contributed by atoms with Crippen LogP contribution in [-0.4, -0.2) is 24.2 Å². The second kappa shape index (κ2) is 8.96. The van der Waals surface area contributed by atoms with Gasteiger partial charge in [-0.05, 0) is 43.0 Å². The van der Waals surface area contributed by atoms with E-state index in [1.807, 2.05) is 12.1 Å². The van der Waals surface area contributed by atoms with Crippen molar-refractivity contribution >= 4 is 5.96 Å². The zero-order valence-electron chi connectivity index (χ0n) is 14.7. The molecule has 4 heteroatoms. The van der Waals surface area contributed by atoms with Gasteiger partial charge < -0.3 is 15.7 Å². The summed E-state index contributed by atoms with van der Waals surface area (Å²) in [5.74, 6) is 1.46. The number of aryl methyl sites for hydroxylation is 1. The highest BCUT2D eigenvalue weighted by atomic mass is 16.3. The molecule has 2 rings (SSSR count). The van der Waals surface area contributed by atoms with Crippen molar-refractivity contribution in [3.8, 4) is 5.75 Å². The first-order valence-electron chi connectivity index (χ1n) is 8.45. The third-order valence-corrected chi connectivity index (χ3v) is 3.90. The Kier molecular flexibility index (Phi) is 6.67. The van der Waals surface area contributed by atoms with E-state index in [2.05, 4.69) is 60.7 Å². The number of hydrogen-bond acceptors (Lipinski definition) is 2. The predicted octanol–water partition coefficient (Wildman–Crippen LogP) is 3.56. The summed E-state index contributed by atoms with van der Waals surface area (Å²) in [6, 6.07) is 15.8. The first kappa shape index (κ1) is 17.9. The molecule has 1 atom stereocenters. The van der Waals surface area contributed by atoms with Gasteiger partial charge in [-0.15, -0.1) is 0 Å². The van der Waals surface area contributed by atoms with Crippen LogP contribution in [-0.2, 0) is 6.54 Å². The lowest BCUT2D eigenvalue weighted by atomic mass is 10.0. The molecule has 0 aliphatic rings. The van der Waals surface area contributed by atoms with Crippen LogP contribution in [0.2, 0.25) is 0 Å². The Morgan fingerprint density at radius 2 is 1.88 bits per heavy atom. The number of nitrogens with zero attached hydrogens (tertiary/aromatic N) is 1. The summed E-state index contributed by atoms with van der Waals surface area (Å²) < 4.78 is 0. The molecule has 0 spiro atoms. The van der Waals surface area contributed by atoms with Crippen molar-refractivity contribution in [2.75, 3.05) is 13.1 Å². The third kappa shape index (κ3) is 5.61. The molecule has 0 bridgehead atoms. The molecule has 0 saturated carbocycles. The molecule has 0 heterocycles. The SMILES string of the molecule is CCNC(=NCc1cccc(O)c1)NCC(C)c1ccc(C)cc1. The number of aromatic hydroxyl groups is 1. The molecule has 4 nitrogen and oxygen atoms in total. The van der Waals surface area contributed by atoms with E-state index in [0.717, 1.165) is 24.6 Å². The van der Waals surface area contributed by atoms with Crippen molar-refractivity contribution in [1.29, 1.82) is 0 Å². The zero-order chi connectivity index (χ0) is 17.4. The van der Waals surface area contributed by atoms with Gasteiger partial charge in [0.05, 0.1) is 6.54 Å². The summed E-state index contributed by atoms with van der Waals surface area (Å²) in [6.07, 6.45) is 0. The summed E-state index contributed by atoms with van der Waals surface area (Å²) in [7, 11) is 0. The Bertz CT molecular complexity index is 665. The number of hydrogen-bond donors (Lipinski definition) is 3. The van der Waals surface area contributed by atoms with Crippen LogP contribution in [0.25, 0.3) is 0 Å². The molecule has 3 N–H and O–H groups in total. The molecule has 128 valence electrons. The normalized spacial score (nSPS) is 12.7. The fourth-order valence-corrected chi connectivity index (χ4v) is 2.43. The Balaban J connectivity index is 1.94. The van der Waals surface area contributed by atoms with Crippen LogP contribution in [0.5, 0.6) is 5.75 Å². The highest BCUT2D eigenvalue weighted by Gasteiger charge is 2.06. The number of phenols is 1. The molecule has 0 saturated heterocycles. The number of aliphatic imine (C=N–C) groups is 1. The average molecular weight is 325 g/mol. The van der Waals surface area contributed by atoms with Gasteiger partial charge in [-0.2, -0.15) is 0 Å². The molecule has 0 fully saturated rings. The topological polar surface area (TPSA) is 56.7 Å². The van der Waals surface area contributed by atoms with Crippen molar-refractivity contribution in [2.45, 2.75) is 33.2 Å². The Hall–Kier alpha value is -2.49. The van der Waals surface area contributed by atoms with Crippen molar-refractivity contribution in [3.05, 3.63) is 65.2 Å². The lowest BCUT2D eigenvalue weighted by Gasteiger charge is -2.16. The molecule has 0 aromatic heterocycles. The Labute approximate surface area is 144 Å². The summed E-state index contributed by atoms with van der Waals surface area (Å²) in [5.41, 5.74) is 3.58. The van der Waals surface area contributed by atoms with Gasteiger partial charge in [-0.1, -0.05) is 48.9 Å². The van der Waals surface area contributed by atoms with Crippen molar-refractivity contribution in [2.24, 2.45) is 4.99 Å². The summed E-state index contributed by atoms with van der Waals surface area (Å²) in [4.78, 5) is 4.59. The second-order valence-corrected chi connectivity index (χ2v) is 6.06. The van der Waals surface area contributed by atoms with E-state index in [1.165, 1.54) is 11.1 Å². The monoisotopic (exact) mass is 325 g/mol. The number of phenolic OH excluding ortho intramolecular Hbond substituents is 1. The number of guanidine groups is 1. The molecule has 24 heavy (non-hydrogen) atoms. The summed E-state index contributed by atoms with van der Waals surface area (Å²) in [6.45, 7) is 8.51. The fraction of sp³-hybridized carbons (Fsp3) is 0.350. The van der Waals surface area contributed by atoms with Crippen molar-refractivity contribution < 1.29 is 5.11 Å². The van der Waals surface area contributed by atoms with Gasteiger partial charge in [0.2, 0.25) is 0 Å². The van der Waals surface area contributed by atoms with Gasteiger partial charge in [0.1, 0.15) is 5.75 Å².